The lowest BCUT2D eigenvalue weighted by Crippen LogP contribution is -2.59. The molecule has 1 aromatic rings. The van der Waals surface area contributed by atoms with E-state index in [1.165, 1.54) is 6.07 Å². The van der Waals surface area contributed by atoms with Gasteiger partial charge in [0.25, 0.3) is 0 Å². The van der Waals surface area contributed by atoms with Crippen LogP contribution in [0.1, 0.15) is 25.8 Å². The maximum Gasteiger partial charge on any atom is 0.126 e. The van der Waals surface area contributed by atoms with Crippen molar-refractivity contribution in [3.8, 4) is 0 Å². The Labute approximate surface area is 113 Å². The number of nitrogens with two attached hydrogens (primary N) is 1. The van der Waals surface area contributed by atoms with E-state index in [2.05, 4.69) is 17.2 Å². The van der Waals surface area contributed by atoms with Crippen molar-refractivity contribution in [2.75, 3.05) is 14.1 Å². The highest BCUT2D eigenvalue weighted by atomic mass is 19.1. The molecular formula is C14H23F2N3. The first kappa shape index (κ1) is 16.0. The Hall–Kier alpha value is -1.04. The van der Waals surface area contributed by atoms with E-state index >= 15 is 0 Å². The van der Waals surface area contributed by atoms with Crippen LogP contribution in [0.5, 0.6) is 0 Å². The summed E-state index contributed by atoms with van der Waals surface area (Å²) in [5.74, 6) is 4.78. The standard InChI is InChI=1S/C14H23F2N3/c1-5-14(2,19(3)4)13(18-17)9-10-8-11(15)6-7-12(10)16/h6-8,13,18H,5,9,17H2,1-4H3. The monoisotopic (exact) mass is 271 g/mol. The van der Waals surface area contributed by atoms with Gasteiger partial charge >= 0.3 is 0 Å². The fourth-order valence-corrected chi connectivity index (χ4v) is 2.25. The Morgan fingerprint density at radius 3 is 2.47 bits per heavy atom. The van der Waals surface area contributed by atoms with Crippen LogP contribution in [0.25, 0.3) is 0 Å². The zero-order chi connectivity index (χ0) is 14.6. The van der Waals surface area contributed by atoms with Gasteiger partial charge in [0, 0.05) is 11.6 Å². The first-order chi connectivity index (χ1) is 8.85. The minimum absolute atomic E-state index is 0.177. The van der Waals surface area contributed by atoms with Crippen molar-refractivity contribution in [2.24, 2.45) is 5.84 Å². The SMILES string of the molecule is CCC(C)(C(Cc1cc(F)ccc1F)NN)N(C)C. The van der Waals surface area contributed by atoms with Gasteiger partial charge in [-0.1, -0.05) is 6.92 Å². The molecule has 3 N–H and O–H groups in total. The summed E-state index contributed by atoms with van der Waals surface area (Å²) < 4.78 is 26.9. The van der Waals surface area contributed by atoms with Gasteiger partial charge in [0.05, 0.1) is 0 Å². The van der Waals surface area contributed by atoms with Crippen molar-refractivity contribution in [2.45, 2.75) is 38.3 Å². The van der Waals surface area contributed by atoms with Crippen molar-refractivity contribution in [3.63, 3.8) is 0 Å². The van der Waals surface area contributed by atoms with Crippen molar-refractivity contribution >= 4 is 0 Å². The van der Waals surface area contributed by atoms with Gasteiger partial charge in [0.15, 0.2) is 0 Å². The highest BCUT2D eigenvalue weighted by Crippen LogP contribution is 2.24. The molecule has 3 nitrogen and oxygen atoms in total. The lowest BCUT2D eigenvalue weighted by atomic mass is 9.84. The van der Waals surface area contributed by atoms with E-state index in [4.69, 9.17) is 5.84 Å². The molecule has 2 unspecified atom stereocenters. The number of nitrogens with one attached hydrogen (secondary N) is 1. The first-order valence-corrected chi connectivity index (χ1v) is 6.42. The average molecular weight is 271 g/mol. The number of hydrogen-bond acceptors (Lipinski definition) is 3. The predicted molar refractivity (Wildman–Crippen MR) is 73.6 cm³/mol. The summed E-state index contributed by atoms with van der Waals surface area (Å²) in [5, 5.41) is 0. The highest BCUT2D eigenvalue weighted by molar-refractivity contribution is 5.21. The summed E-state index contributed by atoms with van der Waals surface area (Å²) in [7, 11) is 3.91. The molecule has 5 heteroatoms. The van der Waals surface area contributed by atoms with Crippen LogP contribution in [-0.2, 0) is 6.42 Å². The molecule has 0 bridgehead atoms. The number of hydrazine groups is 1. The zero-order valence-corrected chi connectivity index (χ0v) is 12.0. The van der Waals surface area contributed by atoms with Crippen LogP contribution >= 0.6 is 0 Å². The zero-order valence-electron chi connectivity index (χ0n) is 12.0. The molecule has 0 radical (unpaired) electrons. The van der Waals surface area contributed by atoms with Gasteiger partial charge in [-0.15, -0.1) is 0 Å². The summed E-state index contributed by atoms with van der Waals surface area (Å²) in [5.41, 5.74) is 2.83. The Morgan fingerprint density at radius 2 is 2.00 bits per heavy atom. The van der Waals surface area contributed by atoms with E-state index in [0.29, 0.717) is 12.0 Å². The number of hydrogen-bond donors (Lipinski definition) is 2. The second kappa shape index (κ2) is 6.41. The third-order valence-corrected chi connectivity index (χ3v) is 4.12. The molecule has 1 aromatic carbocycles. The fourth-order valence-electron chi connectivity index (χ4n) is 2.25. The second-order valence-electron chi connectivity index (χ2n) is 5.26. The van der Waals surface area contributed by atoms with Crippen LogP contribution in [-0.4, -0.2) is 30.6 Å². The molecule has 0 fully saturated rings. The van der Waals surface area contributed by atoms with Gasteiger partial charge in [-0.25, -0.2) is 8.78 Å². The van der Waals surface area contributed by atoms with E-state index in [1.807, 2.05) is 21.0 Å². The van der Waals surface area contributed by atoms with Gasteiger partial charge in [-0.05, 0) is 57.6 Å². The summed E-state index contributed by atoms with van der Waals surface area (Å²) in [6, 6.07) is 3.32. The molecule has 108 valence electrons. The van der Waals surface area contributed by atoms with E-state index in [0.717, 1.165) is 18.6 Å². The van der Waals surface area contributed by atoms with Crippen LogP contribution in [0, 0.1) is 11.6 Å². The largest absolute Gasteiger partial charge is 0.302 e. The van der Waals surface area contributed by atoms with Gasteiger partial charge in [-0.3, -0.25) is 11.3 Å². The number of likely N-dealkylation sites (N-methyl/N-ethyl adjacent to an activating group) is 1. The minimum atomic E-state index is -0.435. The van der Waals surface area contributed by atoms with Crippen molar-refractivity contribution in [1.82, 2.24) is 10.3 Å². The summed E-state index contributed by atoms with van der Waals surface area (Å²) in [6.07, 6.45) is 1.18. The van der Waals surface area contributed by atoms with Crippen LogP contribution < -0.4 is 11.3 Å². The Morgan fingerprint density at radius 1 is 1.37 bits per heavy atom. The minimum Gasteiger partial charge on any atom is -0.302 e. The van der Waals surface area contributed by atoms with Crippen molar-refractivity contribution in [1.29, 1.82) is 0 Å². The molecule has 0 heterocycles. The molecule has 0 aliphatic heterocycles. The maximum absolute atomic E-state index is 13.7. The molecule has 0 aliphatic carbocycles. The van der Waals surface area contributed by atoms with E-state index < -0.39 is 11.6 Å². The Balaban J connectivity index is 3.02. The third kappa shape index (κ3) is 3.49. The topological polar surface area (TPSA) is 41.3 Å². The van der Waals surface area contributed by atoms with Gasteiger partial charge in [-0.2, -0.15) is 0 Å². The quantitative estimate of drug-likeness (QED) is 0.615. The van der Waals surface area contributed by atoms with Gasteiger partial charge in [0.2, 0.25) is 0 Å². The lowest BCUT2D eigenvalue weighted by molar-refractivity contribution is 0.112. The number of rotatable bonds is 6. The molecule has 1 rings (SSSR count). The van der Waals surface area contributed by atoms with Crippen LogP contribution in [0.15, 0.2) is 18.2 Å². The first-order valence-electron chi connectivity index (χ1n) is 6.42. The third-order valence-electron chi connectivity index (χ3n) is 4.12. The lowest BCUT2D eigenvalue weighted by Gasteiger charge is -2.42. The molecule has 19 heavy (non-hydrogen) atoms. The van der Waals surface area contributed by atoms with Crippen LogP contribution in [0.3, 0.4) is 0 Å². The average Bonchev–Trinajstić information content (AvgIpc) is 2.38. The number of halogens is 2. The Kier molecular flexibility index (Phi) is 5.40. The summed E-state index contributed by atoms with van der Waals surface area (Å²) in [6.45, 7) is 4.10. The Bertz CT molecular complexity index is 423. The number of nitrogens with zero attached hydrogens (tertiary/aromatic N) is 1. The molecular weight excluding hydrogens is 248 g/mol. The molecule has 0 aromatic heterocycles. The molecule has 0 saturated heterocycles. The molecule has 0 saturated carbocycles. The van der Waals surface area contributed by atoms with Crippen LogP contribution in [0.4, 0.5) is 8.78 Å². The van der Waals surface area contributed by atoms with Gasteiger partial charge < -0.3 is 4.90 Å². The molecule has 0 amide bonds. The highest BCUT2D eigenvalue weighted by Gasteiger charge is 2.34. The van der Waals surface area contributed by atoms with E-state index in [9.17, 15) is 8.78 Å². The van der Waals surface area contributed by atoms with E-state index in [1.54, 1.807) is 0 Å². The predicted octanol–water partition coefficient (Wildman–Crippen LogP) is 2.07. The normalized spacial score (nSPS) is 16.4. The van der Waals surface area contributed by atoms with Crippen molar-refractivity contribution in [3.05, 3.63) is 35.4 Å². The molecule has 0 spiro atoms. The maximum atomic E-state index is 13.7. The number of benzene rings is 1. The van der Waals surface area contributed by atoms with E-state index in [-0.39, 0.29) is 11.6 Å². The molecule has 2 atom stereocenters. The van der Waals surface area contributed by atoms with Crippen LogP contribution in [0.2, 0.25) is 0 Å². The molecule has 0 aliphatic rings. The summed E-state index contributed by atoms with van der Waals surface area (Å²) >= 11 is 0. The summed E-state index contributed by atoms with van der Waals surface area (Å²) in [4.78, 5) is 2.05. The smallest absolute Gasteiger partial charge is 0.126 e. The fraction of sp³-hybridized carbons (Fsp3) is 0.571. The van der Waals surface area contributed by atoms with Crippen molar-refractivity contribution < 1.29 is 8.78 Å². The second-order valence-corrected chi connectivity index (χ2v) is 5.26. The van der Waals surface area contributed by atoms with Gasteiger partial charge in [0.1, 0.15) is 11.6 Å².